The molecule has 0 atom stereocenters. The standard InChI is InChI=1S/C18H21N3O7S2/c1-27-16-9-14(18(19)22)15(10-17(16)28-2)21-30(25,26)13-7-5-12(6-8-13)29(23,24)20-11-3-4-11/h5-11,20-21H,3-4H2,1-2H3,(H2,19,22). The van der Waals surface area contributed by atoms with Crippen molar-refractivity contribution in [1.82, 2.24) is 4.72 Å². The van der Waals surface area contributed by atoms with Crippen LogP contribution in [0.25, 0.3) is 0 Å². The zero-order chi connectivity index (χ0) is 22.1. The van der Waals surface area contributed by atoms with Crippen molar-refractivity contribution in [2.24, 2.45) is 5.73 Å². The fourth-order valence-corrected chi connectivity index (χ4v) is 5.03. The molecule has 162 valence electrons. The summed E-state index contributed by atoms with van der Waals surface area (Å²) in [5, 5.41) is 0. The Bertz CT molecular complexity index is 1170. The Kier molecular flexibility index (Phi) is 5.92. The van der Waals surface area contributed by atoms with E-state index in [1.807, 2.05) is 0 Å². The average Bonchev–Trinajstić information content (AvgIpc) is 3.50. The van der Waals surface area contributed by atoms with Crippen molar-refractivity contribution in [3.05, 3.63) is 42.0 Å². The summed E-state index contributed by atoms with van der Waals surface area (Å²) >= 11 is 0. The van der Waals surface area contributed by atoms with Crippen LogP contribution in [0.15, 0.2) is 46.2 Å². The lowest BCUT2D eigenvalue weighted by atomic mass is 10.1. The molecule has 1 aliphatic rings. The molecule has 3 rings (SSSR count). The Morgan fingerprint density at radius 2 is 1.43 bits per heavy atom. The number of ether oxygens (including phenoxy) is 2. The predicted molar refractivity (Wildman–Crippen MR) is 109 cm³/mol. The van der Waals surface area contributed by atoms with E-state index in [4.69, 9.17) is 15.2 Å². The third-order valence-electron chi connectivity index (χ3n) is 4.38. The van der Waals surface area contributed by atoms with Gasteiger partial charge >= 0.3 is 0 Å². The molecule has 0 unspecified atom stereocenters. The van der Waals surface area contributed by atoms with E-state index in [0.717, 1.165) is 25.0 Å². The molecule has 0 aromatic heterocycles. The summed E-state index contributed by atoms with van der Waals surface area (Å²) in [4.78, 5) is 11.5. The second-order valence-electron chi connectivity index (χ2n) is 6.59. The first kappa shape index (κ1) is 21.9. The van der Waals surface area contributed by atoms with E-state index < -0.39 is 26.0 Å². The van der Waals surface area contributed by atoms with Crippen LogP contribution in [0.2, 0.25) is 0 Å². The number of methoxy groups -OCH3 is 2. The summed E-state index contributed by atoms with van der Waals surface area (Å²) < 4.78 is 65.1. The minimum absolute atomic E-state index is 0.0442. The van der Waals surface area contributed by atoms with Gasteiger partial charge < -0.3 is 15.2 Å². The number of hydrogen-bond acceptors (Lipinski definition) is 7. The monoisotopic (exact) mass is 455 g/mol. The fraction of sp³-hybridized carbons (Fsp3) is 0.278. The highest BCUT2D eigenvalue weighted by atomic mass is 32.2. The average molecular weight is 456 g/mol. The summed E-state index contributed by atoms with van der Waals surface area (Å²) in [5.41, 5.74) is 5.13. The fourth-order valence-electron chi connectivity index (χ4n) is 2.66. The van der Waals surface area contributed by atoms with Gasteiger partial charge in [0.1, 0.15) is 0 Å². The summed E-state index contributed by atoms with van der Waals surface area (Å²) in [7, 11) is -5.15. The molecule has 4 N–H and O–H groups in total. The van der Waals surface area contributed by atoms with E-state index >= 15 is 0 Å². The molecule has 0 aliphatic heterocycles. The van der Waals surface area contributed by atoms with Crippen molar-refractivity contribution < 1.29 is 31.1 Å². The first-order chi connectivity index (χ1) is 14.1. The molecule has 0 saturated heterocycles. The summed E-state index contributed by atoms with van der Waals surface area (Å²) in [6.45, 7) is 0. The van der Waals surface area contributed by atoms with Crippen LogP contribution < -0.4 is 24.7 Å². The number of rotatable bonds is 9. The molecular weight excluding hydrogens is 434 g/mol. The van der Waals surface area contributed by atoms with E-state index in [1.165, 1.54) is 38.5 Å². The number of nitrogens with two attached hydrogens (primary N) is 1. The molecule has 1 saturated carbocycles. The van der Waals surface area contributed by atoms with Crippen molar-refractivity contribution in [1.29, 1.82) is 0 Å². The molecular formula is C18H21N3O7S2. The van der Waals surface area contributed by atoms with Crippen molar-refractivity contribution in [3.63, 3.8) is 0 Å². The number of sulfonamides is 2. The third kappa shape index (κ3) is 4.66. The van der Waals surface area contributed by atoms with Gasteiger partial charge in [0.05, 0.1) is 35.3 Å². The lowest BCUT2D eigenvalue weighted by Crippen LogP contribution is -2.25. The lowest BCUT2D eigenvalue weighted by molar-refractivity contribution is 0.100. The van der Waals surface area contributed by atoms with Gasteiger partial charge in [0, 0.05) is 12.1 Å². The number of hydrogen-bond donors (Lipinski definition) is 3. The normalized spacial score (nSPS) is 14.2. The highest BCUT2D eigenvalue weighted by Gasteiger charge is 2.28. The lowest BCUT2D eigenvalue weighted by Gasteiger charge is -2.15. The van der Waals surface area contributed by atoms with Gasteiger partial charge in [-0.15, -0.1) is 0 Å². The van der Waals surface area contributed by atoms with Crippen LogP contribution in [0.3, 0.4) is 0 Å². The molecule has 0 spiro atoms. The van der Waals surface area contributed by atoms with Gasteiger partial charge in [-0.2, -0.15) is 0 Å². The van der Waals surface area contributed by atoms with Crippen molar-refractivity contribution in [3.8, 4) is 11.5 Å². The third-order valence-corrected chi connectivity index (χ3v) is 7.29. The molecule has 1 fully saturated rings. The first-order valence-corrected chi connectivity index (χ1v) is 11.7. The number of carbonyl (C=O) groups is 1. The Balaban J connectivity index is 1.92. The quantitative estimate of drug-likeness (QED) is 0.510. The molecule has 10 nitrogen and oxygen atoms in total. The Hall–Kier alpha value is -2.83. The molecule has 12 heteroatoms. The van der Waals surface area contributed by atoms with Gasteiger partial charge in [-0.3, -0.25) is 9.52 Å². The van der Waals surface area contributed by atoms with Crippen LogP contribution in [0.5, 0.6) is 11.5 Å². The second kappa shape index (κ2) is 8.13. The minimum atomic E-state index is -4.16. The predicted octanol–water partition coefficient (Wildman–Crippen LogP) is 1.04. The molecule has 1 amide bonds. The number of primary amides is 1. The largest absolute Gasteiger partial charge is 0.493 e. The molecule has 1 aliphatic carbocycles. The maximum Gasteiger partial charge on any atom is 0.261 e. The summed E-state index contributed by atoms with van der Waals surface area (Å²) in [5.74, 6) is -0.485. The smallest absolute Gasteiger partial charge is 0.261 e. The van der Waals surface area contributed by atoms with Crippen LogP contribution in [0, 0.1) is 0 Å². The van der Waals surface area contributed by atoms with Gasteiger partial charge in [-0.25, -0.2) is 21.6 Å². The van der Waals surface area contributed by atoms with Crippen molar-refractivity contribution in [2.45, 2.75) is 28.7 Å². The molecule has 0 radical (unpaired) electrons. The number of anilines is 1. The number of amides is 1. The Morgan fingerprint density at radius 1 is 0.933 bits per heavy atom. The van der Waals surface area contributed by atoms with Crippen LogP contribution >= 0.6 is 0 Å². The topological polar surface area (TPSA) is 154 Å². The minimum Gasteiger partial charge on any atom is -0.493 e. The van der Waals surface area contributed by atoms with Crippen molar-refractivity contribution >= 4 is 31.6 Å². The maximum atomic E-state index is 12.8. The molecule has 2 aromatic carbocycles. The van der Waals surface area contributed by atoms with Gasteiger partial charge in [0.15, 0.2) is 11.5 Å². The first-order valence-electron chi connectivity index (χ1n) is 8.78. The van der Waals surface area contributed by atoms with Crippen LogP contribution in [-0.4, -0.2) is 43.0 Å². The maximum absolute atomic E-state index is 12.8. The van der Waals surface area contributed by atoms with E-state index in [1.54, 1.807) is 0 Å². The SMILES string of the molecule is COc1cc(NS(=O)(=O)c2ccc(S(=O)(=O)NC3CC3)cc2)c(C(N)=O)cc1OC. The van der Waals surface area contributed by atoms with E-state index in [0.29, 0.717) is 0 Å². The number of carbonyl (C=O) groups excluding carboxylic acids is 1. The molecule has 30 heavy (non-hydrogen) atoms. The van der Waals surface area contributed by atoms with Crippen LogP contribution in [0.1, 0.15) is 23.2 Å². The van der Waals surface area contributed by atoms with Crippen LogP contribution in [0.4, 0.5) is 5.69 Å². The highest BCUT2D eigenvalue weighted by molar-refractivity contribution is 7.92. The van der Waals surface area contributed by atoms with Gasteiger partial charge in [-0.05, 0) is 43.2 Å². The Morgan fingerprint density at radius 3 is 1.90 bits per heavy atom. The van der Waals surface area contributed by atoms with E-state index in [2.05, 4.69) is 9.44 Å². The van der Waals surface area contributed by atoms with E-state index in [-0.39, 0.29) is 38.6 Å². The molecule has 0 bridgehead atoms. The van der Waals surface area contributed by atoms with Gasteiger partial charge in [-0.1, -0.05) is 0 Å². The Labute approximate surface area is 174 Å². The molecule has 2 aromatic rings. The van der Waals surface area contributed by atoms with Gasteiger partial charge in [0.2, 0.25) is 10.0 Å². The summed E-state index contributed by atoms with van der Waals surface area (Å²) in [6, 6.07) is 7.18. The van der Waals surface area contributed by atoms with Crippen LogP contribution in [-0.2, 0) is 20.0 Å². The molecule has 0 heterocycles. The summed E-state index contributed by atoms with van der Waals surface area (Å²) in [6.07, 6.45) is 1.56. The van der Waals surface area contributed by atoms with Crippen molar-refractivity contribution in [2.75, 3.05) is 18.9 Å². The number of benzene rings is 2. The second-order valence-corrected chi connectivity index (χ2v) is 9.99. The van der Waals surface area contributed by atoms with E-state index in [9.17, 15) is 21.6 Å². The zero-order valence-electron chi connectivity index (χ0n) is 16.2. The highest BCUT2D eigenvalue weighted by Crippen LogP contribution is 2.34. The van der Waals surface area contributed by atoms with Gasteiger partial charge in [0.25, 0.3) is 15.9 Å². The zero-order valence-corrected chi connectivity index (χ0v) is 17.8. The number of nitrogens with one attached hydrogen (secondary N) is 2.